The van der Waals surface area contributed by atoms with Gasteiger partial charge in [0.05, 0.1) is 32.1 Å². The number of anilines is 2. The van der Waals surface area contributed by atoms with Gasteiger partial charge >= 0.3 is 6.03 Å². The van der Waals surface area contributed by atoms with Crippen molar-refractivity contribution in [2.24, 2.45) is 5.92 Å². The van der Waals surface area contributed by atoms with Crippen LogP contribution in [0, 0.1) is 12.8 Å². The fourth-order valence-electron chi connectivity index (χ4n) is 5.63. The second-order valence-electron chi connectivity index (χ2n) is 9.57. The topological polar surface area (TPSA) is 97.4 Å². The molecule has 3 aliphatic rings. The zero-order chi connectivity index (χ0) is 25.4. The van der Waals surface area contributed by atoms with E-state index in [9.17, 15) is 14.4 Å². The van der Waals surface area contributed by atoms with Crippen LogP contribution in [0.2, 0.25) is 0 Å². The number of aryl methyl sites for hydroxylation is 1. The largest absolute Gasteiger partial charge is 0.493 e. The Labute approximate surface area is 210 Å². The molecule has 4 amide bonds. The number of nitrogens with one attached hydrogen (secondary N) is 1. The molecule has 2 aromatic rings. The van der Waals surface area contributed by atoms with Crippen LogP contribution in [0.5, 0.6) is 11.5 Å². The fraction of sp³-hybridized carbons (Fsp3) is 0.444. The molecule has 1 aliphatic carbocycles. The van der Waals surface area contributed by atoms with E-state index in [1.165, 1.54) is 19.1 Å². The molecular formula is C27H31N3O6. The summed E-state index contributed by atoms with van der Waals surface area (Å²) in [6, 6.07) is 11.3. The number of methoxy groups -OCH3 is 2. The zero-order valence-corrected chi connectivity index (χ0v) is 20.7. The number of fused-ring (bicyclic) bond motifs is 3. The van der Waals surface area contributed by atoms with Gasteiger partial charge in [0.1, 0.15) is 6.54 Å². The molecule has 9 heteroatoms. The summed E-state index contributed by atoms with van der Waals surface area (Å²) in [5, 5.41) is 2.85. The molecule has 36 heavy (non-hydrogen) atoms. The van der Waals surface area contributed by atoms with E-state index in [-0.39, 0.29) is 30.4 Å². The summed E-state index contributed by atoms with van der Waals surface area (Å²) in [7, 11) is 3.06. The highest BCUT2D eigenvalue weighted by Crippen LogP contribution is 2.43. The number of nitrogens with zero attached hydrogens (tertiary/aromatic N) is 2. The summed E-state index contributed by atoms with van der Waals surface area (Å²) in [5.41, 5.74) is 2.00. The molecule has 4 unspecified atom stereocenters. The number of ether oxygens (including phenoxy) is 3. The average Bonchev–Trinajstić information content (AvgIpc) is 3.27. The smallest absolute Gasteiger partial charge is 0.332 e. The van der Waals surface area contributed by atoms with E-state index in [4.69, 9.17) is 14.2 Å². The van der Waals surface area contributed by atoms with Crippen LogP contribution in [0.3, 0.4) is 0 Å². The Balaban J connectivity index is 1.43. The molecule has 0 bridgehead atoms. The second-order valence-corrected chi connectivity index (χ2v) is 9.57. The highest BCUT2D eigenvalue weighted by molar-refractivity contribution is 6.18. The van der Waals surface area contributed by atoms with Gasteiger partial charge in [0.15, 0.2) is 17.6 Å². The molecule has 1 N–H and O–H groups in total. The number of urea groups is 1. The quantitative estimate of drug-likeness (QED) is 0.658. The van der Waals surface area contributed by atoms with E-state index >= 15 is 0 Å². The molecule has 0 spiro atoms. The molecule has 190 valence electrons. The number of rotatable bonds is 6. The zero-order valence-electron chi connectivity index (χ0n) is 20.7. The van der Waals surface area contributed by atoms with Crippen molar-refractivity contribution in [3.8, 4) is 11.5 Å². The van der Waals surface area contributed by atoms with Crippen molar-refractivity contribution in [3.05, 3.63) is 48.0 Å². The predicted molar refractivity (Wildman–Crippen MR) is 133 cm³/mol. The Bertz CT molecular complexity index is 1170. The van der Waals surface area contributed by atoms with Crippen LogP contribution in [-0.2, 0) is 14.3 Å². The Hall–Kier alpha value is -3.59. The van der Waals surface area contributed by atoms with Crippen LogP contribution < -0.4 is 19.7 Å². The molecule has 5 rings (SSSR count). The maximum Gasteiger partial charge on any atom is 0.332 e. The maximum absolute atomic E-state index is 13.8. The van der Waals surface area contributed by atoms with E-state index < -0.39 is 18.2 Å². The molecule has 9 nitrogen and oxygen atoms in total. The van der Waals surface area contributed by atoms with E-state index in [0.29, 0.717) is 22.9 Å². The van der Waals surface area contributed by atoms with Gasteiger partial charge in [0.2, 0.25) is 5.91 Å². The number of hydrogen-bond acceptors (Lipinski definition) is 6. The van der Waals surface area contributed by atoms with Gasteiger partial charge in [-0.3, -0.25) is 9.59 Å². The molecule has 1 saturated carbocycles. The Morgan fingerprint density at radius 2 is 1.75 bits per heavy atom. The molecular weight excluding hydrogens is 462 g/mol. The highest BCUT2D eigenvalue weighted by Gasteiger charge is 2.58. The van der Waals surface area contributed by atoms with Gasteiger partial charge in [-0.25, -0.2) is 9.69 Å². The first kappa shape index (κ1) is 24.1. The van der Waals surface area contributed by atoms with Gasteiger partial charge in [-0.15, -0.1) is 0 Å². The lowest BCUT2D eigenvalue weighted by Gasteiger charge is -2.42. The summed E-state index contributed by atoms with van der Waals surface area (Å²) in [6.07, 6.45) is 2.90. The molecule has 4 atom stereocenters. The second kappa shape index (κ2) is 9.81. The summed E-state index contributed by atoms with van der Waals surface area (Å²) < 4.78 is 16.8. The standard InChI is InChI=1S/C27H31N3O6/c1-16-8-11-18(12-9-16)30-26(32)25-24(19-6-4-5-7-20(19)36-25)29(27(30)33)15-23(31)28-17-10-13-21(34-2)22(14-17)35-3/h8-14,19-20,24-25H,4-7,15H2,1-3H3,(H,28,31). The lowest BCUT2D eigenvalue weighted by molar-refractivity contribution is -0.133. The lowest BCUT2D eigenvalue weighted by atomic mass is 9.81. The van der Waals surface area contributed by atoms with Crippen molar-refractivity contribution >= 4 is 29.2 Å². The minimum absolute atomic E-state index is 0.0331. The number of benzene rings is 2. The van der Waals surface area contributed by atoms with E-state index in [2.05, 4.69) is 5.32 Å². The van der Waals surface area contributed by atoms with Gasteiger partial charge < -0.3 is 24.4 Å². The predicted octanol–water partition coefficient (Wildman–Crippen LogP) is 3.75. The van der Waals surface area contributed by atoms with Crippen LogP contribution >= 0.6 is 0 Å². The van der Waals surface area contributed by atoms with Crippen LogP contribution in [0.15, 0.2) is 42.5 Å². The summed E-state index contributed by atoms with van der Waals surface area (Å²) in [5.74, 6) is 0.329. The monoisotopic (exact) mass is 493 g/mol. The summed E-state index contributed by atoms with van der Waals surface area (Å²) in [6.45, 7) is 1.74. The van der Waals surface area contributed by atoms with E-state index in [0.717, 1.165) is 36.1 Å². The molecule has 2 aromatic carbocycles. The van der Waals surface area contributed by atoms with E-state index in [1.807, 2.05) is 19.1 Å². The molecule has 2 saturated heterocycles. The maximum atomic E-state index is 13.8. The van der Waals surface area contributed by atoms with Crippen LogP contribution in [0.4, 0.5) is 16.2 Å². The Morgan fingerprint density at radius 3 is 2.47 bits per heavy atom. The minimum Gasteiger partial charge on any atom is -0.493 e. The summed E-state index contributed by atoms with van der Waals surface area (Å²) >= 11 is 0. The lowest BCUT2D eigenvalue weighted by Crippen LogP contribution is -2.65. The van der Waals surface area contributed by atoms with Crippen molar-refractivity contribution in [2.45, 2.75) is 50.9 Å². The first-order valence-electron chi connectivity index (χ1n) is 12.3. The SMILES string of the molecule is COc1ccc(NC(=O)CN2C(=O)N(c3ccc(C)cc3)C(=O)C3OC4CCCCC4C32)cc1OC. The Kier molecular flexibility index (Phi) is 6.57. The van der Waals surface area contributed by atoms with Crippen molar-refractivity contribution in [1.29, 1.82) is 0 Å². The molecule has 0 radical (unpaired) electrons. The van der Waals surface area contributed by atoms with Gasteiger partial charge in [-0.2, -0.15) is 0 Å². The highest BCUT2D eigenvalue weighted by atomic mass is 16.5. The molecule has 0 aromatic heterocycles. The van der Waals surface area contributed by atoms with Gasteiger partial charge in [-0.05, 0) is 44.0 Å². The van der Waals surface area contributed by atoms with Crippen LogP contribution in [-0.4, -0.2) is 61.8 Å². The normalized spacial score (nSPS) is 25.3. The first-order valence-corrected chi connectivity index (χ1v) is 12.3. The van der Waals surface area contributed by atoms with Crippen molar-refractivity contribution < 1.29 is 28.6 Å². The van der Waals surface area contributed by atoms with Crippen LogP contribution in [0.25, 0.3) is 0 Å². The third-order valence-corrected chi connectivity index (χ3v) is 7.36. The molecule has 2 aliphatic heterocycles. The number of carbonyl (C=O) groups excluding carboxylic acids is 3. The van der Waals surface area contributed by atoms with E-state index in [1.54, 1.807) is 30.3 Å². The minimum atomic E-state index is -0.786. The molecule has 3 fully saturated rings. The number of carbonyl (C=O) groups is 3. The van der Waals surface area contributed by atoms with Crippen molar-refractivity contribution in [3.63, 3.8) is 0 Å². The van der Waals surface area contributed by atoms with Gasteiger partial charge in [-0.1, -0.05) is 30.5 Å². The average molecular weight is 494 g/mol. The van der Waals surface area contributed by atoms with Crippen molar-refractivity contribution in [1.82, 2.24) is 4.90 Å². The van der Waals surface area contributed by atoms with Gasteiger partial charge in [0, 0.05) is 17.7 Å². The number of amides is 4. The Morgan fingerprint density at radius 1 is 1.03 bits per heavy atom. The number of hydrogen-bond donors (Lipinski definition) is 1. The third kappa shape index (κ3) is 4.28. The molecule has 2 heterocycles. The van der Waals surface area contributed by atoms with Crippen LogP contribution in [0.1, 0.15) is 31.2 Å². The fourth-order valence-corrected chi connectivity index (χ4v) is 5.63. The third-order valence-electron chi connectivity index (χ3n) is 7.36. The van der Waals surface area contributed by atoms with Crippen molar-refractivity contribution in [2.75, 3.05) is 31.0 Å². The first-order chi connectivity index (χ1) is 17.4. The summed E-state index contributed by atoms with van der Waals surface area (Å²) in [4.78, 5) is 43.2. The van der Waals surface area contributed by atoms with Gasteiger partial charge in [0.25, 0.3) is 5.91 Å². The number of imide groups is 1.